The van der Waals surface area contributed by atoms with Gasteiger partial charge in [-0.2, -0.15) is 0 Å². The molecule has 0 aliphatic heterocycles. The van der Waals surface area contributed by atoms with Crippen molar-refractivity contribution in [2.45, 2.75) is 57.0 Å². The van der Waals surface area contributed by atoms with Crippen molar-refractivity contribution in [3.05, 3.63) is 0 Å². The summed E-state index contributed by atoms with van der Waals surface area (Å²) < 4.78 is 0. The van der Waals surface area contributed by atoms with Crippen molar-refractivity contribution in [3.63, 3.8) is 0 Å². The second-order valence-corrected chi connectivity index (χ2v) is 5.49. The first kappa shape index (κ1) is 15.4. The van der Waals surface area contributed by atoms with Crippen molar-refractivity contribution in [3.8, 4) is 0 Å². The average molecular weight is 258 g/mol. The SMILES string of the molecule is CC(CO)(CO)NCC(=O)NC1CCCCCC1. The molecule has 1 fully saturated rings. The summed E-state index contributed by atoms with van der Waals surface area (Å²) in [5, 5.41) is 24.1. The molecule has 0 spiro atoms. The molecule has 5 nitrogen and oxygen atoms in total. The van der Waals surface area contributed by atoms with Crippen LogP contribution in [0.1, 0.15) is 45.4 Å². The van der Waals surface area contributed by atoms with E-state index in [4.69, 9.17) is 10.2 Å². The Hall–Kier alpha value is -0.650. The monoisotopic (exact) mass is 258 g/mol. The number of aliphatic hydroxyl groups is 2. The van der Waals surface area contributed by atoms with E-state index in [-0.39, 0.29) is 31.7 Å². The highest BCUT2D eigenvalue weighted by atomic mass is 16.3. The van der Waals surface area contributed by atoms with E-state index in [1.54, 1.807) is 6.92 Å². The minimum absolute atomic E-state index is 0.0602. The summed E-state index contributed by atoms with van der Waals surface area (Å²) in [4.78, 5) is 11.8. The molecule has 0 radical (unpaired) electrons. The molecule has 4 N–H and O–H groups in total. The van der Waals surface area contributed by atoms with Crippen LogP contribution in [0, 0.1) is 0 Å². The number of rotatable bonds is 6. The maximum atomic E-state index is 11.8. The zero-order valence-electron chi connectivity index (χ0n) is 11.2. The fraction of sp³-hybridized carbons (Fsp3) is 0.923. The van der Waals surface area contributed by atoms with Gasteiger partial charge in [0.05, 0.1) is 25.3 Å². The van der Waals surface area contributed by atoms with Crippen molar-refractivity contribution < 1.29 is 15.0 Å². The van der Waals surface area contributed by atoms with E-state index in [1.807, 2.05) is 0 Å². The molecule has 0 bridgehead atoms. The van der Waals surface area contributed by atoms with E-state index >= 15 is 0 Å². The summed E-state index contributed by atoms with van der Waals surface area (Å²) in [5.74, 6) is -0.0602. The minimum Gasteiger partial charge on any atom is -0.394 e. The summed E-state index contributed by atoms with van der Waals surface area (Å²) in [7, 11) is 0. The van der Waals surface area contributed by atoms with Gasteiger partial charge in [-0.25, -0.2) is 0 Å². The van der Waals surface area contributed by atoms with Gasteiger partial charge in [-0.05, 0) is 19.8 Å². The van der Waals surface area contributed by atoms with Crippen LogP contribution >= 0.6 is 0 Å². The van der Waals surface area contributed by atoms with Crippen molar-refractivity contribution in [1.29, 1.82) is 0 Å². The molecule has 0 aromatic rings. The largest absolute Gasteiger partial charge is 0.394 e. The van der Waals surface area contributed by atoms with Crippen LogP contribution in [0.2, 0.25) is 0 Å². The molecule has 0 saturated heterocycles. The van der Waals surface area contributed by atoms with Crippen LogP contribution in [0.25, 0.3) is 0 Å². The minimum atomic E-state index is -0.791. The summed E-state index contributed by atoms with van der Waals surface area (Å²) >= 11 is 0. The van der Waals surface area contributed by atoms with Gasteiger partial charge in [0.25, 0.3) is 0 Å². The van der Waals surface area contributed by atoms with Crippen LogP contribution in [0.4, 0.5) is 0 Å². The molecular weight excluding hydrogens is 232 g/mol. The molecule has 18 heavy (non-hydrogen) atoms. The van der Waals surface area contributed by atoms with Crippen molar-refractivity contribution in [2.75, 3.05) is 19.8 Å². The standard InChI is InChI=1S/C13H26N2O3/c1-13(9-16,10-17)14-8-12(18)15-11-6-4-2-3-5-7-11/h11,14,16-17H,2-10H2,1H3,(H,15,18). The van der Waals surface area contributed by atoms with Crippen LogP contribution in [0.5, 0.6) is 0 Å². The molecule has 5 heteroatoms. The van der Waals surface area contributed by atoms with Crippen LogP contribution in [0.15, 0.2) is 0 Å². The van der Waals surface area contributed by atoms with Crippen LogP contribution < -0.4 is 10.6 Å². The van der Waals surface area contributed by atoms with Gasteiger partial charge in [0.15, 0.2) is 0 Å². The van der Waals surface area contributed by atoms with Gasteiger partial charge in [0.2, 0.25) is 5.91 Å². The summed E-state index contributed by atoms with van der Waals surface area (Å²) in [6.07, 6.45) is 7.01. The number of hydrogen-bond donors (Lipinski definition) is 4. The van der Waals surface area contributed by atoms with E-state index in [9.17, 15) is 4.79 Å². The van der Waals surface area contributed by atoms with E-state index in [2.05, 4.69) is 10.6 Å². The molecule has 106 valence electrons. The third kappa shape index (κ3) is 5.33. The maximum Gasteiger partial charge on any atom is 0.234 e. The van der Waals surface area contributed by atoms with Crippen molar-refractivity contribution in [1.82, 2.24) is 10.6 Å². The maximum absolute atomic E-state index is 11.8. The van der Waals surface area contributed by atoms with E-state index < -0.39 is 5.54 Å². The van der Waals surface area contributed by atoms with E-state index in [0.29, 0.717) is 0 Å². The van der Waals surface area contributed by atoms with Gasteiger partial charge in [0.1, 0.15) is 0 Å². The fourth-order valence-corrected chi connectivity index (χ4v) is 2.16. The number of carbonyl (C=O) groups excluding carboxylic acids is 1. The van der Waals surface area contributed by atoms with Crippen LogP contribution in [-0.2, 0) is 4.79 Å². The van der Waals surface area contributed by atoms with Gasteiger partial charge >= 0.3 is 0 Å². The second kappa shape index (κ2) is 7.71. The molecule has 0 atom stereocenters. The normalized spacial score (nSPS) is 18.4. The number of aliphatic hydroxyl groups excluding tert-OH is 2. The predicted molar refractivity (Wildman–Crippen MR) is 70.2 cm³/mol. The summed E-state index contributed by atoms with van der Waals surface area (Å²) in [6.45, 7) is 1.43. The molecule has 1 aliphatic rings. The first-order chi connectivity index (χ1) is 8.59. The highest BCUT2D eigenvalue weighted by molar-refractivity contribution is 5.78. The van der Waals surface area contributed by atoms with Crippen molar-refractivity contribution in [2.24, 2.45) is 0 Å². The molecule has 0 heterocycles. The van der Waals surface area contributed by atoms with E-state index in [0.717, 1.165) is 12.8 Å². The molecule has 1 rings (SSSR count). The van der Waals surface area contributed by atoms with Gasteiger partial charge in [0, 0.05) is 6.04 Å². The lowest BCUT2D eigenvalue weighted by Crippen LogP contribution is -2.53. The lowest BCUT2D eigenvalue weighted by Gasteiger charge is -2.26. The van der Waals surface area contributed by atoms with Gasteiger partial charge in [-0.3, -0.25) is 10.1 Å². The first-order valence-electron chi connectivity index (χ1n) is 6.86. The molecule has 0 unspecified atom stereocenters. The zero-order chi connectivity index (χ0) is 13.4. The number of carbonyl (C=O) groups is 1. The Morgan fingerprint density at radius 3 is 2.22 bits per heavy atom. The second-order valence-electron chi connectivity index (χ2n) is 5.49. The summed E-state index contributed by atoms with van der Waals surface area (Å²) in [5.41, 5.74) is -0.791. The Labute approximate surface area is 109 Å². The zero-order valence-corrected chi connectivity index (χ0v) is 11.2. The smallest absolute Gasteiger partial charge is 0.234 e. The molecule has 1 amide bonds. The summed E-state index contributed by atoms with van der Waals surface area (Å²) in [6, 6.07) is 0.288. The molecule has 1 aliphatic carbocycles. The van der Waals surface area contributed by atoms with Gasteiger partial charge in [-0.1, -0.05) is 25.7 Å². The highest BCUT2D eigenvalue weighted by Crippen LogP contribution is 2.16. The quantitative estimate of drug-likeness (QED) is 0.512. The van der Waals surface area contributed by atoms with E-state index in [1.165, 1.54) is 25.7 Å². The lowest BCUT2D eigenvalue weighted by molar-refractivity contribution is -0.121. The number of amides is 1. The highest BCUT2D eigenvalue weighted by Gasteiger charge is 2.23. The van der Waals surface area contributed by atoms with Crippen molar-refractivity contribution >= 4 is 5.91 Å². The molecule has 0 aromatic carbocycles. The third-order valence-electron chi connectivity index (χ3n) is 3.59. The average Bonchev–Trinajstić information content (AvgIpc) is 2.64. The predicted octanol–water partition coefficient (Wildman–Crippen LogP) is 0.158. The molecule has 0 aromatic heterocycles. The fourth-order valence-electron chi connectivity index (χ4n) is 2.16. The first-order valence-corrected chi connectivity index (χ1v) is 6.86. The topological polar surface area (TPSA) is 81.6 Å². The Morgan fingerprint density at radius 1 is 1.17 bits per heavy atom. The lowest BCUT2D eigenvalue weighted by atomic mass is 10.1. The van der Waals surface area contributed by atoms with Crippen LogP contribution in [0.3, 0.4) is 0 Å². The molecular formula is C13H26N2O3. The van der Waals surface area contributed by atoms with Crippen LogP contribution in [-0.4, -0.2) is 47.5 Å². The third-order valence-corrected chi connectivity index (χ3v) is 3.59. The Morgan fingerprint density at radius 2 is 1.72 bits per heavy atom. The number of nitrogens with one attached hydrogen (secondary N) is 2. The molecule has 1 saturated carbocycles. The Balaban J connectivity index is 2.28. The number of hydrogen-bond acceptors (Lipinski definition) is 4. The Kier molecular flexibility index (Phi) is 6.60. The van der Waals surface area contributed by atoms with Gasteiger partial charge < -0.3 is 15.5 Å². The Bertz CT molecular complexity index is 247. The van der Waals surface area contributed by atoms with Gasteiger partial charge in [-0.15, -0.1) is 0 Å².